The third-order valence-electron chi connectivity index (χ3n) is 3.55. The highest BCUT2D eigenvalue weighted by atomic mass is 32.1. The molecule has 0 aliphatic heterocycles. The van der Waals surface area contributed by atoms with E-state index in [1.165, 1.54) is 4.88 Å². The zero-order chi connectivity index (χ0) is 16.8. The van der Waals surface area contributed by atoms with Crippen molar-refractivity contribution in [2.24, 2.45) is 5.10 Å². The van der Waals surface area contributed by atoms with Crippen molar-refractivity contribution >= 4 is 22.7 Å². The average Bonchev–Trinajstić information content (AvgIpc) is 2.93. The van der Waals surface area contributed by atoms with E-state index in [2.05, 4.69) is 22.4 Å². The lowest BCUT2D eigenvalue weighted by atomic mass is 10.2. The number of thiazole rings is 1. The number of rotatable bonds is 6. The first-order chi connectivity index (χ1) is 11.7. The minimum atomic E-state index is 0.532. The summed E-state index contributed by atoms with van der Waals surface area (Å²) in [5.74, 6) is 0.804. The van der Waals surface area contributed by atoms with Crippen LogP contribution in [0.25, 0.3) is 0 Å². The second kappa shape index (κ2) is 7.75. The number of nitrogens with zero attached hydrogens (tertiary/aromatic N) is 2. The molecular weight excluding hydrogens is 318 g/mol. The fourth-order valence-corrected chi connectivity index (χ4v) is 2.90. The quantitative estimate of drug-likeness (QED) is 0.520. The van der Waals surface area contributed by atoms with Gasteiger partial charge in [0.25, 0.3) is 0 Å². The summed E-state index contributed by atoms with van der Waals surface area (Å²) in [6, 6.07) is 18.0. The van der Waals surface area contributed by atoms with Crippen LogP contribution in [-0.2, 0) is 6.61 Å². The molecule has 0 saturated heterocycles. The van der Waals surface area contributed by atoms with E-state index < -0.39 is 0 Å². The molecule has 0 radical (unpaired) electrons. The van der Waals surface area contributed by atoms with E-state index in [-0.39, 0.29) is 0 Å². The third-order valence-corrected chi connectivity index (χ3v) is 4.53. The summed E-state index contributed by atoms with van der Waals surface area (Å²) in [5, 5.41) is 5.07. The largest absolute Gasteiger partial charge is 0.488 e. The highest BCUT2D eigenvalue weighted by Crippen LogP contribution is 2.21. The SMILES string of the molecule is Cc1nc(NN=Cc2ccccc2OCc2ccccc2)sc1C. The summed E-state index contributed by atoms with van der Waals surface area (Å²) in [4.78, 5) is 5.60. The number of aryl methyl sites for hydroxylation is 2. The van der Waals surface area contributed by atoms with Crippen molar-refractivity contribution < 1.29 is 4.74 Å². The Balaban J connectivity index is 1.66. The van der Waals surface area contributed by atoms with Crippen molar-refractivity contribution in [3.8, 4) is 5.75 Å². The van der Waals surface area contributed by atoms with Crippen molar-refractivity contribution in [1.82, 2.24) is 4.98 Å². The summed E-state index contributed by atoms with van der Waals surface area (Å²) in [7, 11) is 0. The monoisotopic (exact) mass is 337 g/mol. The lowest BCUT2D eigenvalue weighted by Gasteiger charge is -2.08. The van der Waals surface area contributed by atoms with Crippen LogP contribution < -0.4 is 10.2 Å². The standard InChI is InChI=1S/C19H19N3OS/c1-14-15(2)24-19(21-14)22-20-12-17-10-6-7-11-18(17)23-13-16-8-4-3-5-9-16/h3-12H,13H2,1-2H3,(H,21,22). The van der Waals surface area contributed by atoms with Crippen LogP contribution in [-0.4, -0.2) is 11.2 Å². The summed E-state index contributed by atoms with van der Waals surface area (Å²) in [5.41, 5.74) is 6.07. The van der Waals surface area contributed by atoms with Crippen molar-refractivity contribution in [2.45, 2.75) is 20.5 Å². The van der Waals surface area contributed by atoms with Crippen LogP contribution in [0.1, 0.15) is 21.7 Å². The van der Waals surface area contributed by atoms with Gasteiger partial charge in [-0.1, -0.05) is 42.5 Å². The maximum atomic E-state index is 5.92. The molecule has 0 saturated carbocycles. The number of hydrazone groups is 1. The number of hydrogen-bond donors (Lipinski definition) is 1. The van der Waals surface area contributed by atoms with E-state index in [1.54, 1.807) is 17.6 Å². The molecule has 1 N–H and O–H groups in total. The Morgan fingerprint density at radius 3 is 2.58 bits per heavy atom. The van der Waals surface area contributed by atoms with E-state index >= 15 is 0 Å². The van der Waals surface area contributed by atoms with Gasteiger partial charge in [0.1, 0.15) is 12.4 Å². The van der Waals surface area contributed by atoms with Crippen LogP contribution in [0.15, 0.2) is 59.7 Å². The minimum absolute atomic E-state index is 0.532. The lowest BCUT2D eigenvalue weighted by molar-refractivity contribution is 0.306. The van der Waals surface area contributed by atoms with Gasteiger partial charge in [-0.3, -0.25) is 5.43 Å². The van der Waals surface area contributed by atoms with Gasteiger partial charge in [0.15, 0.2) is 0 Å². The van der Waals surface area contributed by atoms with Gasteiger partial charge >= 0.3 is 0 Å². The smallest absolute Gasteiger partial charge is 0.203 e. The predicted octanol–water partition coefficient (Wildman–Crippen LogP) is 4.78. The third kappa shape index (κ3) is 4.20. The van der Waals surface area contributed by atoms with Gasteiger partial charge in [-0.05, 0) is 31.5 Å². The van der Waals surface area contributed by atoms with Crippen molar-refractivity contribution in [2.75, 3.05) is 5.43 Å². The van der Waals surface area contributed by atoms with E-state index in [0.717, 1.165) is 27.7 Å². The van der Waals surface area contributed by atoms with Crippen LogP contribution >= 0.6 is 11.3 Å². The average molecular weight is 337 g/mol. The number of ether oxygens (including phenoxy) is 1. The summed E-state index contributed by atoms with van der Waals surface area (Å²) < 4.78 is 5.92. The van der Waals surface area contributed by atoms with Crippen molar-refractivity contribution in [1.29, 1.82) is 0 Å². The molecule has 0 fully saturated rings. The summed E-state index contributed by atoms with van der Waals surface area (Å²) in [6.45, 7) is 4.58. The van der Waals surface area contributed by atoms with Crippen molar-refractivity contribution in [3.05, 3.63) is 76.3 Å². The van der Waals surface area contributed by atoms with Crippen molar-refractivity contribution in [3.63, 3.8) is 0 Å². The molecule has 2 aromatic carbocycles. The van der Waals surface area contributed by atoms with E-state index in [1.807, 2.05) is 61.5 Å². The fraction of sp³-hybridized carbons (Fsp3) is 0.158. The van der Waals surface area contributed by atoms with Gasteiger partial charge in [0, 0.05) is 10.4 Å². The Hall–Kier alpha value is -2.66. The molecule has 0 amide bonds. The number of hydrogen-bond acceptors (Lipinski definition) is 5. The van der Waals surface area contributed by atoms with Gasteiger partial charge in [-0.2, -0.15) is 5.10 Å². The van der Waals surface area contributed by atoms with Crippen LogP contribution in [0.2, 0.25) is 0 Å². The first-order valence-electron chi connectivity index (χ1n) is 7.71. The zero-order valence-electron chi connectivity index (χ0n) is 13.7. The molecule has 0 aliphatic rings. The van der Waals surface area contributed by atoms with E-state index in [9.17, 15) is 0 Å². The first-order valence-corrected chi connectivity index (χ1v) is 8.53. The molecule has 3 aromatic rings. The number of nitrogens with one attached hydrogen (secondary N) is 1. The maximum Gasteiger partial charge on any atom is 0.203 e. The molecule has 0 unspecified atom stereocenters. The molecule has 3 rings (SSSR count). The zero-order valence-corrected chi connectivity index (χ0v) is 14.5. The molecule has 122 valence electrons. The van der Waals surface area contributed by atoms with Gasteiger partial charge in [-0.15, -0.1) is 11.3 Å². The highest BCUT2D eigenvalue weighted by Gasteiger charge is 2.03. The number of benzene rings is 2. The van der Waals surface area contributed by atoms with Gasteiger partial charge in [-0.25, -0.2) is 4.98 Å². The Bertz CT molecular complexity index is 808. The number of para-hydroxylation sites is 1. The number of anilines is 1. The second-order valence-corrected chi connectivity index (χ2v) is 6.55. The molecule has 24 heavy (non-hydrogen) atoms. The summed E-state index contributed by atoms with van der Waals surface area (Å²) >= 11 is 1.59. The van der Waals surface area contributed by atoms with E-state index in [0.29, 0.717) is 6.61 Å². The topological polar surface area (TPSA) is 46.5 Å². The first kappa shape index (κ1) is 16.2. The van der Waals surface area contributed by atoms with Crippen LogP contribution in [0.5, 0.6) is 5.75 Å². The molecule has 0 spiro atoms. The lowest BCUT2D eigenvalue weighted by Crippen LogP contribution is -1.99. The Morgan fingerprint density at radius 2 is 1.83 bits per heavy atom. The second-order valence-electron chi connectivity index (χ2n) is 5.34. The van der Waals surface area contributed by atoms with Crippen LogP contribution in [0.3, 0.4) is 0 Å². The molecule has 0 bridgehead atoms. The molecular formula is C19H19N3OS. The van der Waals surface area contributed by atoms with Gasteiger partial charge in [0.05, 0.1) is 11.9 Å². The molecule has 0 atom stereocenters. The molecule has 1 heterocycles. The van der Waals surface area contributed by atoms with Gasteiger partial charge < -0.3 is 4.74 Å². The molecule has 0 aliphatic carbocycles. The minimum Gasteiger partial charge on any atom is -0.488 e. The Labute approximate surface area is 145 Å². The Kier molecular flexibility index (Phi) is 5.23. The van der Waals surface area contributed by atoms with Crippen LogP contribution in [0, 0.1) is 13.8 Å². The van der Waals surface area contributed by atoms with E-state index in [4.69, 9.17) is 4.74 Å². The fourth-order valence-electron chi connectivity index (χ4n) is 2.13. The summed E-state index contributed by atoms with van der Waals surface area (Å²) in [6.07, 6.45) is 1.76. The number of aromatic nitrogens is 1. The van der Waals surface area contributed by atoms with Crippen LogP contribution in [0.4, 0.5) is 5.13 Å². The van der Waals surface area contributed by atoms with Gasteiger partial charge in [0.2, 0.25) is 5.13 Å². The maximum absolute atomic E-state index is 5.92. The molecule has 4 nitrogen and oxygen atoms in total. The normalized spacial score (nSPS) is 10.9. The molecule has 5 heteroatoms. The predicted molar refractivity (Wildman–Crippen MR) is 100 cm³/mol. The highest BCUT2D eigenvalue weighted by molar-refractivity contribution is 7.15. The molecule has 1 aromatic heterocycles. The Morgan fingerprint density at radius 1 is 1.08 bits per heavy atom.